The van der Waals surface area contributed by atoms with Crippen LogP contribution in [0.5, 0.6) is 0 Å². The van der Waals surface area contributed by atoms with Crippen molar-refractivity contribution in [1.29, 1.82) is 0 Å². The third-order valence-corrected chi connectivity index (χ3v) is 4.58. The fourth-order valence-corrected chi connectivity index (χ4v) is 2.87. The van der Waals surface area contributed by atoms with Gasteiger partial charge in [-0.2, -0.15) is 0 Å². The number of aromatic nitrogens is 2. The molecule has 1 aliphatic rings. The molecule has 1 saturated heterocycles. The normalized spacial score (nSPS) is 15.2. The first-order valence-corrected chi connectivity index (χ1v) is 8.80. The Labute approximate surface area is 148 Å². The van der Waals surface area contributed by atoms with E-state index in [2.05, 4.69) is 58.5 Å². The summed E-state index contributed by atoms with van der Waals surface area (Å²) in [5, 5.41) is 11.5. The van der Waals surface area contributed by atoms with Crippen LogP contribution < -0.4 is 5.32 Å². The number of nitrogens with zero attached hydrogens (tertiary/aromatic N) is 4. The Kier molecular flexibility index (Phi) is 5.60. The van der Waals surface area contributed by atoms with Crippen LogP contribution >= 0.6 is 0 Å². The summed E-state index contributed by atoms with van der Waals surface area (Å²) in [6, 6.07) is 11.9. The van der Waals surface area contributed by atoms with Crippen LogP contribution in [0.25, 0.3) is 0 Å². The zero-order valence-electron chi connectivity index (χ0n) is 14.9. The molecule has 0 saturated carbocycles. The van der Waals surface area contributed by atoms with Gasteiger partial charge < -0.3 is 15.1 Å². The van der Waals surface area contributed by atoms with Crippen molar-refractivity contribution in [3.8, 4) is 0 Å². The first kappa shape index (κ1) is 17.4. The number of hydrogen-bond acceptors (Lipinski definition) is 5. The SMILES string of the molecule is CCN1CCN(C(=O)c2ccc(NCc3ccc(C)cc3)nn2)CC1. The second-order valence-corrected chi connectivity index (χ2v) is 6.37. The predicted octanol–water partition coefficient (Wildman–Crippen LogP) is 2.17. The molecule has 2 heterocycles. The minimum atomic E-state index is -0.0339. The van der Waals surface area contributed by atoms with Gasteiger partial charge in [0.2, 0.25) is 0 Å². The molecule has 2 aromatic rings. The summed E-state index contributed by atoms with van der Waals surface area (Å²) in [6.07, 6.45) is 0. The Morgan fingerprint density at radius 2 is 1.76 bits per heavy atom. The number of likely N-dealkylation sites (N-methyl/N-ethyl adjacent to an activating group) is 1. The van der Waals surface area contributed by atoms with Gasteiger partial charge in [0, 0.05) is 32.7 Å². The van der Waals surface area contributed by atoms with Gasteiger partial charge in [-0.25, -0.2) is 0 Å². The summed E-state index contributed by atoms with van der Waals surface area (Å²) in [7, 11) is 0. The molecule has 25 heavy (non-hydrogen) atoms. The molecule has 1 aromatic heterocycles. The van der Waals surface area contributed by atoms with Crippen molar-refractivity contribution in [2.75, 3.05) is 38.0 Å². The fourth-order valence-electron chi connectivity index (χ4n) is 2.87. The van der Waals surface area contributed by atoms with Crippen LogP contribution in [0, 0.1) is 6.92 Å². The van der Waals surface area contributed by atoms with Gasteiger partial charge in [-0.05, 0) is 31.2 Å². The molecule has 1 N–H and O–H groups in total. The van der Waals surface area contributed by atoms with Gasteiger partial charge in [-0.15, -0.1) is 10.2 Å². The Morgan fingerprint density at radius 3 is 2.36 bits per heavy atom. The fraction of sp³-hybridized carbons (Fsp3) is 0.421. The van der Waals surface area contributed by atoms with E-state index in [4.69, 9.17) is 0 Å². The number of aryl methyl sites for hydroxylation is 1. The largest absolute Gasteiger partial charge is 0.365 e. The summed E-state index contributed by atoms with van der Waals surface area (Å²) in [6.45, 7) is 9.28. The maximum absolute atomic E-state index is 12.5. The average molecular weight is 339 g/mol. The van der Waals surface area contributed by atoms with E-state index in [1.807, 2.05) is 11.0 Å². The number of anilines is 1. The van der Waals surface area contributed by atoms with Crippen LogP contribution in [0.15, 0.2) is 36.4 Å². The summed E-state index contributed by atoms with van der Waals surface area (Å²) in [5.74, 6) is 0.640. The lowest BCUT2D eigenvalue weighted by atomic mass is 10.1. The number of amides is 1. The molecule has 0 atom stereocenters. The molecular weight excluding hydrogens is 314 g/mol. The highest BCUT2D eigenvalue weighted by molar-refractivity contribution is 5.92. The lowest BCUT2D eigenvalue weighted by molar-refractivity contribution is 0.0636. The average Bonchev–Trinajstić information content (AvgIpc) is 2.67. The highest BCUT2D eigenvalue weighted by Gasteiger charge is 2.22. The minimum absolute atomic E-state index is 0.0339. The van der Waals surface area contributed by atoms with Gasteiger partial charge in [0.25, 0.3) is 5.91 Å². The molecule has 0 aliphatic carbocycles. The van der Waals surface area contributed by atoms with Crippen molar-refractivity contribution in [3.63, 3.8) is 0 Å². The van der Waals surface area contributed by atoms with Crippen molar-refractivity contribution < 1.29 is 4.79 Å². The molecule has 1 aliphatic heterocycles. The molecule has 6 heteroatoms. The van der Waals surface area contributed by atoms with Crippen LogP contribution in [0.1, 0.15) is 28.5 Å². The molecule has 1 fully saturated rings. The monoisotopic (exact) mass is 339 g/mol. The lowest BCUT2D eigenvalue weighted by Crippen LogP contribution is -2.48. The van der Waals surface area contributed by atoms with Gasteiger partial charge in [-0.1, -0.05) is 36.8 Å². The standard InChI is InChI=1S/C19H25N5O/c1-3-23-10-12-24(13-11-23)19(25)17-8-9-18(22-21-17)20-14-16-6-4-15(2)5-7-16/h4-9H,3,10-14H2,1-2H3,(H,20,22). The second-order valence-electron chi connectivity index (χ2n) is 6.37. The van der Waals surface area contributed by atoms with E-state index in [9.17, 15) is 4.79 Å². The van der Waals surface area contributed by atoms with Crippen LogP contribution in [0.3, 0.4) is 0 Å². The van der Waals surface area contributed by atoms with Gasteiger partial charge in [0.1, 0.15) is 5.82 Å². The summed E-state index contributed by atoms with van der Waals surface area (Å²) in [5.41, 5.74) is 2.83. The van der Waals surface area contributed by atoms with Gasteiger partial charge in [0.05, 0.1) is 0 Å². The number of nitrogens with one attached hydrogen (secondary N) is 1. The number of carbonyl (C=O) groups excluding carboxylic acids is 1. The van der Waals surface area contributed by atoms with Crippen LogP contribution in [0.2, 0.25) is 0 Å². The van der Waals surface area contributed by atoms with Gasteiger partial charge in [0.15, 0.2) is 5.69 Å². The maximum atomic E-state index is 12.5. The lowest BCUT2D eigenvalue weighted by Gasteiger charge is -2.33. The third kappa shape index (κ3) is 4.54. The van der Waals surface area contributed by atoms with Crippen LogP contribution in [-0.4, -0.2) is 58.6 Å². The molecule has 6 nitrogen and oxygen atoms in total. The van der Waals surface area contributed by atoms with Crippen LogP contribution in [-0.2, 0) is 6.54 Å². The molecule has 1 aromatic carbocycles. The Hall–Kier alpha value is -2.47. The maximum Gasteiger partial charge on any atom is 0.274 e. The third-order valence-electron chi connectivity index (χ3n) is 4.58. The zero-order chi connectivity index (χ0) is 17.6. The van der Waals surface area contributed by atoms with E-state index in [0.29, 0.717) is 18.1 Å². The van der Waals surface area contributed by atoms with Crippen LogP contribution in [0.4, 0.5) is 5.82 Å². The van der Waals surface area contributed by atoms with Crippen molar-refractivity contribution in [2.24, 2.45) is 0 Å². The van der Waals surface area contributed by atoms with Crippen molar-refractivity contribution in [3.05, 3.63) is 53.2 Å². The van der Waals surface area contributed by atoms with Crippen molar-refractivity contribution >= 4 is 11.7 Å². The predicted molar refractivity (Wildman–Crippen MR) is 98.6 cm³/mol. The van der Waals surface area contributed by atoms with Crippen molar-refractivity contribution in [1.82, 2.24) is 20.0 Å². The Morgan fingerprint density at radius 1 is 1.04 bits per heavy atom. The summed E-state index contributed by atoms with van der Waals surface area (Å²) in [4.78, 5) is 16.7. The molecule has 0 bridgehead atoms. The number of rotatable bonds is 5. The molecule has 0 spiro atoms. The van der Waals surface area contributed by atoms with E-state index in [0.717, 1.165) is 32.7 Å². The first-order valence-electron chi connectivity index (χ1n) is 8.80. The second kappa shape index (κ2) is 8.07. The van der Waals surface area contributed by atoms with E-state index in [-0.39, 0.29) is 5.91 Å². The molecule has 3 rings (SSSR count). The van der Waals surface area contributed by atoms with E-state index in [1.54, 1.807) is 6.07 Å². The molecular formula is C19H25N5O. The summed E-state index contributed by atoms with van der Waals surface area (Å²) >= 11 is 0. The first-order chi connectivity index (χ1) is 12.2. The minimum Gasteiger partial charge on any atom is -0.365 e. The zero-order valence-corrected chi connectivity index (χ0v) is 14.9. The van der Waals surface area contributed by atoms with Crippen molar-refractivity contribution in [2.45, 2.75) is 20.4 Å². The topological polar surface area (TPSA) is 61.4 Å². The number of benzene rings is 1. The number of piperazine rings is 1. The quantitative estimate of drug-likeness (QED) is 0.905. The number of carbonyl (C=O) groups is 1. The Bertz CT molecular complexity index is 691. The highest BCUT2D eigenvalue weighted by Crippen LogP contribution is 2.10. The van der Waals surface area contributed by atoms with E-state index in [1.165, 1.54) is 11.1 Å². The smallest absolute Gasteiger partial charge is 0.274 e. The summed E-state index contributed by atoms with van der Waals surface area (Å²) < 4.78 is 0. The Balaban J connectivity index is 1.54. The van der Waals surface area contributed by atoms with E-state index >= 15 is 0 Å². The highest BCUT2D eigenvalue weighted by atomic mass is 16.2. The number of hydrogen-bond donors (Lipinski definition) is 1. The van der Waals surface area contributed by atoms with E-state index < -0.39 is 0 Å². The van der Waals surface area contributed by atoms with Gasteiger partial charge in [-0.3, -0.25) is 4.79 Å². The molecule has 0 unspecified atom stereocenters. The van der Waals surface area contributed by atoms with Gasteiger partial charge >= 0.3 is 0 Å². The molecule has 0 radical (unpaired) electrons. The molecule has 1 amide bonds. The molecule has 132 valence electrons.